The van der Waals surface area contributed by atoms with E-state index in [4.69, 9.17) is 27.9 Å². The lowest BCUT2D eigenvalue weighted by Gasteiger charge is -2.29. The fraction of sp³-hybridized carbons (Fsp3) is 0.571. The fourth-order valence-electron chi connectivity index (χ4n) is 3.39. The zero-order chi connectivity index (χ0) is 12.7. The van der Waals surface area contributed by atoms with E-state index in [9.17, 15) is 0 Å². The van der Waals surface area contributed by atoms with Gasteiger partial charge >= 0.3 is 0 Å². The normalized spacial score (nSPS) is 31.8. The van der Waals surface area contributed by atoms with Crippen LogP contribution in [0.4, 0.5) is 0 Å². The van der Waals surface area contributed by atoms with E-state index in [-0.39, 0.29) is 6.04 Å². The molecule has 0 saturated carbocycles. The second-order valence-corrected chi connectivity index (χ2v) is 5.97. The minimum absolute atomic E-state index is 0.228. The SMILES string of the molecule is CNC(c1cccc(Cl)c1Cl)C1CC2CCC1O2. The number of fused-ring (bicyclic) bond motifs is 2. The Morgan fingerprint density at radius 2 is 2.17 bits per heavy atom. The van der Waals surface area contributed by atoms with Gasteiger partial charge in [0.2, 0.25) is 0 Å². The number of hydrogen-bond acceptors (Lipinski definition) is 2. The van der Waals surface area contributed by atoms with Gasteiger partial charge in [0.05, 0.1) is 22.3 Å². The highest BCUT2D eigenvalue weighted by molar-refractivity contribution is 6.42. The van der Waals surface area contributed by atoms with Crippen LogP contribution in [0.1, 0.15) is 30.9 Å². The molecule has 0 aliphatic carbocycles. The van der Waals surface area contributed by atoms with Crippen molar-refractivity contribution in [2.45, 2.75) is 37.5 Å². The van der Waals surface area contributed by atoms with Crippen LogP contribution in [0.3, 0.4) is 0 Å². The van der Waals surface area contributed by atoms with Crippen LogP contribution in [0.25, 0.3) is 0 Å². The monoisotopic (exact) mass is 285 g/mol. The smallest absolute Gasteiger partial charge is 0.0640 e. The number of hydrogen-bond donors (Lipinski definition) is 1. The van der Waals surface area contributed by atoms with Crippen LogP contribution in [0.2, 0.25) is 10.0 Å². The van der Waals surface area contributed by atoms with Crippen molar-refractivity contribution >= 4 is 23.2 Å². The van der Waals surface area contributed by atoms with Crippen LogP contribution in [0.5, 0.6) is 0 Å². The van der Waals surface area contributed by atoms with Crippen molar-refractivity contribution in [3.8, 4) is 0 Å². The third kappa shape index (κ3) is 2.05. The maximum absolute atomic E-state index is 6.33. The molecule has 4 unspecified atom stereocenters. The van der Waals surface area contributed by atoms with E-state index in [1.807, 2.05) is 19.2 Å². The van der Waals surface area contributed by atoms with Gasteiger partial charge < -0.3 is 10.1 Å². The first kappa shape index (κ1) is 12.7. The van der Waals surface area contributed by atoms with E-state index in [2.05, 4.69) is 11.4 Å². The molecule has 0 spiro atoms. The first-order chi connectivity index (χ1) is 8.70. The zero-order valence-corrected chi connectivity index (χ0v) is 11.8. The summed E-state index contributed by atoms with van der Waals surface area (Å²) in [5.74, 6) is 0.504. The van der Waals surface area contributed by atoms with Gasteiger partial charge in [0.1, 0.15) is 0 Å². The standard InChI is InChI=1S/C14H17Cl2NO/c1-17-14(9-3-2-4-11(15)13(9)16)10-7-8-5-6-12(10)18-8/h2-4,8,10,12,14,17H,5-7H2,1H3. The lowest BCUT2D eigenvalue weighted by atomic mass is 9.81. The average Bonchev–Trinajstić information content (AvgIpc) is 2.98. The van der Waals surface area contributed by atoms with E-state index in [1.165, 1.54) is 12.8 Å². The number of nitrogens with one attached hydrogen (secondary N) is 1. The summed E-state index contributed by atoms with van der Waals surface area (Å²) in [6.45, 7) is 0. The lowest BCUT2D eigenvalue weighted by molar-refractivity contribution is 0.0863. The van der Waals surface area contributed by atoms with Gasteiger partial charge in [-0.3, -0.25) is 0 Å². The van der Waals surface area contributed by atoms with Crippen LogP contribution in [0.15, 0.2) is 18.2 Å². The average molecular weight is 286 g/mol. The molecule has 0 radical (unpaired) electrons. The van der Waals surface area contributed by atoms with Gasteiger partial charge in [-0.2, -0.15) is 0 Å². The molecule has 2 bridgehead atoms. The summed E-state index contributed by atoms with van der Waals surface area (Å²) in [7, 11) is 1.98. The number of rotatable bonds is 3. The Morgan fingerprint density at radius 3 is 2.78 bits per heavy atom. The van der Waals surface area contributed by atoms with Gasteiger partial charge in [-0.15, -0.1) is 0 Å². The van der Waals surface area contributed by atoms with Gasteiger partial charge in [0.25, 0.3) is 0 Å². The van der Waals surface area contributed by atoms with E-state index in [0.29, 0.717) is 28.2 Å². The van der Waals surface area contributed by atoms with Crippen molar-refractivity contribution < 1.29 is 4.74 Å². The molecule has 1 N–H and O–H groups in total. The Labute approximate surface area is 118 Å². The maximum Gasteiger partial charge on any atom is 0.0640 e. The molecule has 1 aromatic carbocycles. The van der Waals surface area contributed by atoms with Crippen LogP contribution in [-0.4, -0.2) is 19.3 Å². The van der Waals surface area contributed by atoms with Crippen LogP contribution >= 0.6 is 23.2 Å². The summed E-state index contributed by atoms with van der Waals surface area (Å²) in [6.07, 6.45) is 4.34. The molecule has 2 fully saturated rings. The van der Waals surface area contributed by atoms with E-state index in [0.717, 1.165) is 12.0 Å². The molecule has 18 heavy (non-hydrogen) atoms. The molecule has 4 atom stereocenters. The quantitative estimate of drug-likeness (QED) is 0.912. The summed E-state index contributed by atoms with van der Waals surface area (Å²) >= 11 is 12.4. The maximum atomic E-state index is 6.33. The number of ether oxygens (including phenoxy) is 1. The first-order valence-corrected chi connectivity index (χ1v) is 7.23. The van der Waals surface area contributed by atoms with E-state index >= 15 is 0 Å². The fourth-order valence-corrected chi connectivity index (χ4v) is 3.81. The topological polar surface area (TPSA) is 21.3 Å². The summed E-state index contributed by atoms with van der Waals surface area (Å²) < 4.78 is 5.94. The predicted molar refractivity (Wildman–Crippen MR) is 74.3 cm³/mol. The van der Waals surface area contributed by atoms with Crippen molar-refractivity contribution in [1.29, 1.82) is 0 Å². The summed E-state index contributed by atoms with van der Waals surface area (Å²) in [5, 5.41) is 4.68. The molecule has 4 heteroatoms. The Bertz CT molecular complexity index is 451. The highest BCUT2D eigenvalue weighted by Crippen LogP contribution is 2.46. The number of halogens is 2. The molecule has 2 aliphatic heterocycles. The Morgan fingerprint density at radius 1 is 1.33 bits per heavy atom. The second-order valence-electron chi connectivity index (χ2n) is 5.18. The lowest BCUT2D eigenvalue weighted by Crippen LogP contribution is -2.32. The number of benzene rings is 1. The minimum Gasteiger partial charge on any atom is -0.375 e. The van der Waals surface area contributed by atoms with Crippen molar-refractivity contribution in [2.24, 2.45) is 5.92 Å². The minimum atomic E-state index is 0.228. The second kappa shape index (κ2) is 5.01. The first-order valence-electron chi connectivity index (χ1n) is 6.47. The highest BCUT2D eigenvalue weighted by atomic mass is 35.5. The van der Waals surface area contributed by atoms with Crippen LogP contribution < -0.4 is 5.32 Å². The molecule has 0 aromatic heterocycles. The van der Waals surface area contributed by atoms with Crippen molar-refractivity contribution in [1.82, 2.24) is 5.32 Å². The van der Waals surface area contributed by atoms with Crippen LogP contribution in [-0.2, 0) is 4.74 Å². The van der Waals surface area contributed by atoms with Crippen molar-refractivity contribution in [3.05, 3.63) is 33.8 Å². The highest BCUT2D eigenvalue weighted by Gasteiger charge is 2.44. The molecule has 98 valence electrons. The Hall–Kier alpha value is -0.280. The molecule has 0 amide bonds. The van der Waals surface area contributed by atoms with E-state index in [1.54, 1.807) is 0 Å². The molecule has 2 aliphatic rings. The van der Waals surface area contributed by atoms with E-state index < -0.39 is 0 Å². The molecule has 1 aromatic rings. The third-order valence-corrected chi connectivity index (χ3v) is 5.04. The summed E-state index contributed by atoms with van der Waals surface area (Å²) in [5.41, 5.74) is 1.09. The summed E-state index contributed by atoms with van der Waals surface area (Å²) in [4.78, 5) is 0. The van der Waals surface area contributed by atoms with Gasteiger partial charge in [0.15, 0.2) is 0 Å². The van der Waals surface area contributed by atoms with Crippen LogP contribution in [0, 0.1) is 5.92 Å². The summed E-state index contributed by atoms with van der Waals surface area (Å²) in [6, 6.07) is 6.08. The molecular formula is C14H17Cl2NO. The molecule has 2 nitrogen and oxygen atoms in total. The molecule has 3 rings (SSSR count). The van der Waals surface area contributed by atoms with Gasteiger partial charge in [-0.1, -0.05) is 35.3 Å². The Balaban J connectivity index is 1.90. The largest absolute Gasteiger partial charge is 0.375 e. The van der Waals surface area contributed by atoms with Gasteiger partial charge in [-0.05, 0) is 37.9 Å². The third-order valence-electron chi connectivity index (χ3n) is 4.21. The van der Waals surface area contributed by atoms with Gasteiger partial charge in [-0.25, -0.2) is 0 Å². The zero-order valence-electron chi connectivity index (χ0n) is 10.3. The van der Waals surface area contributed by atoms with Crippen molar-refractivity contribution in [3.63, 3.8) is 0 Å². The molecule has 2 heterocycles. The molecule has 2 saturated heterocycles. The Kier molecular flexibility index (Phi) is 3.55. The van der Waals surface area contributed by atoms with Gasteiger partial charge in [0, 0.05) is 12.0 Å². The van der Waals surface area contributed by atoms with Crippen molar-refractivity contribution in [2.75, 3.05) is 7.05 Å². The molecular weight excluding hydrogens is 269 g/mol. The predicted octanol–water partition coefficient (Wildman–Crippen LogP) is 3.82.